The normalized spacial score (nSPS) is 11.1. The minimum absolute atomic E-state index is 0.148. The molecule has 3 heteroatoms. The molecule has 0 radical (unpaired) electrons. The summed E-state index contributed by atoms with van der Waals surface area (Å²) < 4.78 is 4.73. The van der Waals surface area contributed by atoms with Gasteiger partial charge in [0.15, 0.2) is 0 Å². The maximum absolute atomic E-state index is 11.5. The highest BCUT2D eigenvalue weighted by atomic mass is 16.5. The summed E-state index contributed by atoms with van der Waals surface area (Å²) in [4.78, 5) is 22.0. The summed E-state index contributed by atoms with van der Waals surface area (Å²) in [6.45, 7) is 7.85. The molecule has 3 nitrogen and oxygen atoms in total. The zero-order chi connectivity index (χ0) is 14.7. The molecule has 0 aromatic rings. The summed E-state index contributed by atoms with van der Waals surface area (Å²) in [5, 5.41) is 0. The van der Waals surface area contributed by atoms with E-state index in [2.05, 4.69) is 32.9 Å². The Labute approximate surface area is 116 Å². The third-order valence-corrected chi connectivity index (χ3v) is 2.69. The van der Waals surface area contributed by atoms with Crippen LogP contribution in [-0.2, 0) is 14.3 Å². The first-order valence-electron chi connectivity index (χ1n) is 6.86. The van der Waals surface area contributed by atoms with E-state index in [4.69, 9.17) is 4.74 Å². The Morgan fingerprint density at radius 2 is 1.53 bits per heavy atom. The van der Waals surface area contributed by atoms with Crippen molar-refractivity contribution in [1.29, 1.82) is 0 Å². The molecule has 0 fully saturated rings. The first kappa shape index (κ1) is 17.6. The molecule has 0 aliphatic rings. The van der Waals surface area contributed by atoms with Gasteiger partial charge in [0.25, 0.3) is 0 Å². The monoisotopic (exact) mass is 266 g/mol. The molecular weight excluding hydrogens is 240 g/mol. The molecule has 19 heavy (non-hydrogen) atoms. The van der Waals surface area contributed by atoms with E-state index < -0.39 is 0 Å². The highest BCUT2D eigenvalue weighted by molar-refractivity contribution is 5.78. The van der Waals surface area contributed by atoms with E-state index in [9.17, 15) is 9.59 Å². The van der Waals surface area contributed by atoms with Crippen LogP contribution < -0.4 is 0 Å². The molecule has 108 valence electrons. The number of Topliss-reactive ketones (excluding diaryl/α,β-unsaturated/α-hetero) is 1. The number of carbonyl (C=O) groups excluding carboxylic acids is 2. The maximum atomic E-state index is 11.5. The fourth-order valence-corrected chi connectivity index (χ4v) is 1.60. The molecular formula is C16H26O3. The van der Waals surface area contributed by atoms with E-state index in [1.54, 1.807) is 0 Å². The molecule has 0 heterocycles. The van der Waals surface area contributed by atoms with Crippen LogP contribution >= 0.6 is 0 Å². The number of rotatable bonds is 9. The van der Waals surface area contributed by atoms with Crippen LogP contribution in [0.5, 0.6) is 0 Å². The number of hydrogen-bond acceptors (Lipinski definition) is 3. The van der Waals surface area contributed by atoms with E-state index >= 15 is 0 Å². The van der Waals surface area contributed by atoms with Crippen molar-refractivity contribution in [3.63, 3.8) is 0 Å². The van der Waals surface area contributed by atoms with Crippen LogP contribution in [0.15, 0.2) is 23.3 Å². The topological polar surface area (TPSA) is 43.4 Å². The van der Waals surface area contributed by atoms with Crippen LogP contribution in [0.4, 0.5) is 0 Å². The van der Waals surface area contributed by atoms with E-state index in [0.29, 0.717) is 12.8 Å². The van der Waals surface area contributed by atoms with Crippen molar-refractivity contribution in [3.8, 4) is 0 Å². The Hall–Kier alpha value is -1.38. The van der Waals surface area contributed by atoms with Crippen molar-refractivity contribution in [2.24, 2.45) is 0 Å². The predicted octanol–water partition coefficient (Wildman–Crippen LogP) is 3.98. The standard InChI is InChI=1S/C16H26O3/c1-13(2)7-5-8-14(3)9-6-10-16(18)11-12-19-15(4)17/h7,9H,5-6,8,10-12H2,1-4H3. The predicted molar refractivity (Wildman–Crippen MR) is 77.9 cm³/mol. The SMILES string of the molecule is CC(=O)OCCC(=O)CCC=C(C)CCC=C(C)C. The lowest BCUT2D eigenvalue weighted by atomic mass is 10.1. The molecule has 0 spiro atoms. The van der Waals surface area contributed by atoms with Gasteiger partial charge < -0.3 is 4.74 Å². The largest absolute Gasteiger partial charge is 0.465 e. The van der Waals surface area contributed by atoms with Gasteiger partial charge in [-0.05, 0) is 40.0 Å². The number of esters is 1. The van der Waals surface area contributed by atoms with Gasteiger partial charge in [-0.15, -0.1) is 0 Å². The summed E-state index contributed by atoms with van der Waals surface area (Å²) in [6.07, 6.45) is 8.09. The molecule has 0 aliphatic carbocycles. The molecule has 0 saturated heterocycles. The molecule has 0 unspecified atom stereocenters. The van der Waals surface area contributed by atoms with Crippen LogP contribution in [0, 0.1) is 0 Å². The highest BCUT2D eigenvalue weighted by Gasteiger charge is 2.02. The lowest BCUT2D eigenvalue weighted by Crippen LogP contribution is -2.06. The highest BCUT2D eigenvalue weighted by Crippen LogP contribution is 2.09. The Bertz CT molecular complexity index is 347. The summed E-state index contributed by atoms with van der Waals surface area (Å²) in [5.41, 5.74) is 2.67. The van der Waals surface area contributed by atoms with Gasteiger partial charge in [0.05, 0.1) is 6.61 Å². The molecule has 0 atom stereocenters. The average molecular weight is 266 g/mol. The van der Waals surface area contributed by atoms with Crippen molar-refractivity contribution in [2.75, 3.05) is 6.61 Å². The quantitative estimate of drug-likeness (QED) is 0.468. The number of ether oxygens (including phenoxy) is 1. The van der Waals surface area contributed by atoms with Gasteiger partial charge >= 0.3 is 5.97 Å². The van der Waals surface area contributed by atoms with E-state index in [0.717, 1.165) is 19.3 Å². The first-order chi connectivity index (χ1) is 8.91. The van der Waals surface area contributed by atoms with Crippen LogP contribution in [0.2, 0.25) is 0 Å². The number of hydrogen-bond donors (Lipinski definition) is 0. The molecule has 0 amide bonds. The van der Waals surface area contributed by atoms with Crippen LogP contribution in [-0.4, -0.2) is 18.4 Å². The van der Waals surface area contributed by atoms with Gasteiger partial charge in [0.2, 0.25) is 0 Å². The van der Waals surface area contributed by atoms with Gasteiger partial charge in [-0.3, -0.25) is 9.59 Å². The molecule has 0 N–H and O–H groups in total. The zero-order valence-corrected chi connectivity index (χ0v) is 12.6. The third kappa shape index (κ3) is 12.9. The molecule has 0 saturated carbocycles. The Balaban J connectivity index is 3.72. The number of allylic oxidation sites excluding steroid dienone is 4. The van der Waals surface area contributed by atoms with Gasteiger partial charge in [0, 0.05) is 19.8 Å². The third-order valence-electron chi connectivity index (χ3n) is 2.69. The maximum Gasteiger partial charge on any atom is 0.302 e. The van der Waals surface area contributed by atoms with Crippen molar-refractivity contribution in [3.05, 3.63) is 23.3 Å². The summed E-state index contributed by atoms with van der Waals surface area (Å²) in [6, 6.07) is 0. The van der Waals surface area contributed by atoms with Gasteiger partial charge in [-0.25, -0.2) is 0 Å². The number of carbonyl (C=O) groups is 2. The van der Waals surface area contributed by atoms with E-state index in [-0.39, 0.29) is 18.4 Å². The van der Waals surface area contributed by atoms with Gasteiger partial charge in [0.1, 0.15) is 5.78 Å². The van der Waals surface area contributed by atoms with Crippen molar-refractivity contribution >= 4 is 11.8 Å². The molecule has 0 rings (SSSR count). The van der Waals surface area contributed by atoms with Crippen LogP contribution in [0.1, 0.15) is 59.8 Å². The smallest absolute Gasteiger partial charge is 0.302 e. The Kier molecular flexibility index (Phi) is 9.77. The second-order valence-corrected chi connectivity index (χ2v) is 5.04. The minimum atomic E-state index is -0.331. The van der Waals surface area contributed by atoms with Crippen molar-refractivity contribution < 1.29 is 14.3 Å². The first-order valence-corrected chi connectivity index (χ1v) is 6.86. The van der Waals surface area contributed by atoms with E-state index in [1.165, 1.54) is 18.1 Å². The lowest BCUT2D eigenvalue weighted by Gasteiger charge is -2.01. The van der Waals surface area contributed by atoms with Gasteiger partial charge in [-0.2, -0.15) is 0 Å². The molecule has 0 bridgehead atoms. The fraction of sp³-hybridized carbons (Fsp3) is 0.625. The molecule has 0 aromatic heterocycles. The molecule has 0 aromatic carbocycles. The van der Waals surface area contributed by atoms with E-state index in [1.807, 2.05) is 0 Å². The zero-order valence-electron chi connectivity index (χ0n) is 12.6. The molecule has 0 aliphatic heterocycles. The lowest BCUT2D eigenvalue weighted by molar-refractivity contribution is -0.141. The van der Waals surface area contributed by atoms with Crippen LogP contribution in [0.25, 0.3) is 0 Å². The number of ketones is 1. The van der Waals surface area contributed by atoms with Gasteiger partial charge in [-0.1, -0.05) is 23.3 Å². The second kappa shape index (κ2) is 10.5. The van der Waals surface area contributed by atoms with Crippen molar-refractivity contribution in [1.82, 2.24) is 0 Å². The minimum Gasteiger partial charge on any atom is -0.465 e. The fourth-order valence-electron chi connectivity index (χ4n) is 1.60. The second-order valence-electron chi connectivity index (χ2n) is 5.04. The summed E-state index contributed by atoms with van der Waals surface area (Å²) in [7, 11) is 0. The average Bonchev–Trinajstić information content (AvgIpc) is 2.27. The Morgan fingerprint density at radius 1 is 0.895 bits per heavy atom. The summed E-state index contributed by atoms with van der Waals surface area (Å²) in [5.74, 6) is -0.183. The Morgan fingerprint density at radius 3 is 2.11 bits per heavy atom. The van der Waals surface area contributed by atoms with Crippen molar-refractivity contribution in [2.45, 2.75) is 59.8 Å². The summed E-state index contributed by atoms with van der Waals surface area (Å²) >= 11 is 0. The van der Waals surface area contributed by atoms with Crippen LogP contribution in [0.3, 0.4) is 0 Å².